The number of nitrogens with one attached hydrogen (secondary N) is 1. The lowest BCUT2D eigenvalue weighted by Gasteiger charge is -2.17. The number of hydrogen-bond acceptors (Lipinski definition) is 4. The summed E-state index contributed by atoms with van der Waals surface area (Å²) in [5, 5.41) is 5.15. The third-order valence-corrected chi connectivity index (χ3v) is 6.29. The maximum atomic E-state index is 12.1. The maximum absolute atomic E-state index is 12.1. The molecule has 1 aromatic heterocycles. The van der Waals surface area contributed by atoms with Gasteiger partial charge in [-0.05, 0) is 48.5 Å². The molecule has 0 aliphatic carbocycles. The molecule has 0 atom stereocenters. The van der Waals surface area contributed by atoms with Crippen LogP contribution in [0.5, 0.6) is 0 Å². The van der Waals surface area contributed by atoms with Crippen molar-refractivity contribution in [2.45, 2.75) is 31.7 Å². The minimum Gasteiger partial charge on any atom is -0.351 e. The summed E-state index contributed by atoms with van der Waals surface area (Å²) in [7, 11) is 0. The predicted molar refractivity (Wildman–Crippen MR) is 103 cm³/mol. The average molecular weight is 361 g/mol. The Kier molecular flexibility index (Phi) is 6.75. The van der Waals surface area contributed by atoms with E-state index in [-0.39, 0.29) is 5.91 Å². The molecule has 1 aliphatic heterocycles. The van der Waals surface area contributed by atoms with Gasteiger partial charge in [0, 0.05) is 23.7 Å². The fraction of sp³-hybridized carbons (Fsp3) is 0.421. The van der Waals surface area contributed by atoms with Crippen molar-refractivity contribution in [1.29, 1.82) is 0 Å². The van der Waals surface area contributed by atoms with Crippen molar-refractivity contribution >= 4 is 29.0 Å². The van der Waals surface area contributed by atoms with Gasteiger partial charge < -0.3 is 5.32 Å². The second-order valence-corrected chi connectivity index (χ2v) is 8.12. The number of benzene rings is 1. The smallest absolute Gasteiger partial charge is 0.230 e. The summed E-state index contributed by atoms with van der Waals surface area (Å²) in [6.45, 7) is 4.02. The van der Waals surface area contributed by atoms with Crippen LogP contribution in [-0.4, -0.2) is 29.6 Å². The van der Waals surface area contributed by atoms with Gasteiger partial charge in [0.05, 0.1) is 5.75 Å². The number of thiophene rings is 1. The van der Waals surface area contributed by atoms with Gasteiger partial charge in [0.1, 0.15) is 0 Å². The van der Waals surface area contributed by atoms with Crippen molar-refractivity contribution in [2.75, 3.05) is 18.8 Å². The quantitative estimate of drug-likeness (QED) is 0.775. The van der Waals surface area contributed by atoms with Gasteiger partial charge in [-0.1, -0.05) is 30.3 Å². The normalized spacial score (nSPS) is 14.8. The van der Waals surface area contributed by atoms with E-state index in [1.165, 1.54) is 41.9 Å². The third kappa shape index (κ3) is 5.36. The molecule has 0 saturated carbocycles. The van der Waals surface area contributed by atoms with E-state index in [1.807, 2.05) is 0 Å². The highest BCUT2D eigenvalue weighted by Gasteiger charge is 2.13. The summed E-state index contributed by atoms with van der Waals surface area (Å²) in [4.78, 5) is 15.9. The van der Waals surface area contributed by atoms with Crippen LogP contribution < -0.4 is 5.32 Å². The fourth-order valence-electron chi connectivity index (χ4n) is 2.95. The van der Waals surface area contributed by atoms with Gasteiger partial charge in [0.15, 0.2) is 0 Å². The Morgan fingerprint density at radius 3 is 2.67 bits per heavy atom. The Morgan fingerprint density at radius 1 is 1.12 bits per heavy atom. The summed E-state index contributed by atoms with van der Waals surface area (Å²) in [5.74, 6) is 1.55. The molecule has 0 spiro atoms. The predicted octanol–water partition coefficient (Wildman–Crippen LogP) is 3.89. The van der Waals surface area contributed by atoms with E-state index < -0.39 is 0 Å². The third-order valence-electron chi connectivity index (χ3n) is 4.24. The van der Waals surface area contributed by atoms with Gasteiger partial charge >= 0.3 is 0 Å². The molecule has 24 heavy (non-hydrogen) atoms. The summed E-state index contributed by atoms with van der Waals surface area (Å²) in [5.41, 5.74) is 2.58. The molecule has 0 bridgehead atoms. The first-order valence-electron chi connectivity index (χ1n) is 8.47. The SMILES string of the molecule is O=C(CSCc1cccs1)NCc1ccccc1CN1CCCC1. The molecule has 1 amide bonds. The number of nitrogens with zero attached hydrogens (tertiary/aromatic N) is 1. The highest BCUT2D eigenvalue weighted by atomic mass is 32.2. The van der Waals surface area contributed by atoms with Crippen LogP contribution in [0.3, 0.4) is 0 Å². The van der Waals surface area contributed by atoms with Crippen LogP contribution in [0.2, 0.25) is 0 Å². The molecule has 3 nitrogen and oxygen atoms in total. The molecule has 1 fully saturated rings. The number of rotatable bonds is 8. The molecular weight excluding hydrogens is 336 g/mol. The zero-order chi connectivity index (χ0) is 16.6. The zero-order valence-corrected chi connectivity index (χ0v) is 15.5. The molecular formula is C19H24N2OS2. The van der Waals surface area contributed by atoms with Crippen molar-refractivity contribution in [3.8, 4) is 0 Å². The number of thioether (sulfide) groups is 1. The highest BCUT2D eigenvalue weighted by molar-refractivity contribution is 7.99. The number of carbonyl (C=O) groups is 1. The Labute approximate surface area is 152 Å². The zero-order valence-electron chi connectivity index (χ0n) is 13.9. The van der Waals surface area contributed by atoms with E-state index in [9.17, 15) is 4.79 Å². The highest BCUT2D eigenvalue weighted by Crippen LogP contribution is 2.18. The molecule has 5 heteroatoms. The molecule has 3 rings (SSSR count). The van der Waals surface area contributed by atoms with Gasteiger partial charge in [-0.15, -0.1) is 23.1 Å². The van der Waals surface area contributed by atoms with Crippen LogP contribution >= 0.6 is 23.1 Å². The second-order valence-electron chi connectivity index (χ2n) is 6.10. The maximum Gasteiger partial charge on any atom is 0.230 e. The lowest BCUT2D eigenvalue weighted by Crippen LogP contribution is -2.26. The van der Waals surface area contributed by atoms with Crippen LogP contribution in [0.4, 0.5) is 0 Å². The van der Waals surface area contributed by atoms with E-state index in [4.69, 9.17) is 0 Å². The minimum absolute atomic E-state index is 0.118. The van der Waals surface area contributed by atoms with Gasteiger partial charge in [0.2, 0.25) is 5.91 Å². The van der Waals surface area contributed by atoms with E-state index >= 15 is 0 Å². The molecule has 0 unspecified atom stereocenters. The van der Waals surface area contributed by atoms with Crippen molar-refractivity contribution in [3.63, 3.8) is 0 Å². The van der Waals surface area contributed by atoms with Crippen molar-refractivity contribution < 1.29 is 4.79 Å². The Morgan fingerprint density at radius 2 is 1.92 bits per heavy atom. The van der Waals surface area contributed by atoms with E-state index in [0.717, 1.165) is 12.3 Å². The van der Waals surface area contributed by atoms with Crippen LogP contribution in [-0.2, 0) is 23.6 Å². The van der Waals surface area contributed by atoms with Gasteiger partial charge in [-0.3, -0.25) is 9.69 Å². The largest absolute Gasteiger partial charge is 0.351 e. The fourth-order valence-corrected chi connectivity index (χ4v) is 4.65. The van der Waals surface area contributed by atoms with Crippen LogP contribution in [0.1, 0.15) is 28.8 Å². The number of hydrogen-bond donors (Lipinski definition) is 1. The van der Waals surface area contributed by atoms with Gasteiger partial charge in [0.25, 0.3) is 0 Å². The van der Waals surface area contributed by atoms with Crippen molar-refractivity contribution in [2.24, 2.45) is 0 Å². The lowest BCUT2D eigenvalue weighted by molar-refractivity contribution is -0.118. The summed E-state index contributed by atoms with van der Waals surface area (Å²) >= 11 is 3.42. The molecule has 2 heterocycles. The monoisotopic (exact) mass is 360 g/mol. The minimum atomic E-state index is 0.118. The lowest BCUT2D eigenvalue weighted by atomic mass is 10.1. The standard InChI is InChI=1S/C19H24N2OS2/c22-19(15-23-14-18-8-5-11-24-18)20-12-16-6-1-2-7-17(16)13-21-9-3-4-10-21/h1-2,5-8,11H,3-4,9-10,12-15H2,(H,20,22). The van der Waals surface area contributed by atoms with E-state index in [2.05, 4.69) is 52.0 Å². The number of amides is 1. The second kappa shape index (κ2) is 9.25. The van der Waals surface area contributed by atoms with Crippen molar-refractivity contribution in [1.82, 2.24) is 10.2 Å². The van der Waals surface area contributed by atoms with E-state index in [1.54, 1.807) is 23.1 Å². The van der Waals surface area contributed by atoms with Crippen LogP contribution in [0.25, 0.3) is 0 Å². The molecule has 1 aromatic carbocycles. The van der Waals surface area contributed by atoms with Crippen molar-refractivity contribution in [3.05, 3.63) is 57.8 Å². The van der Waals surface area contributed by atoms with E-state index in [0.29, 0.717) is 12.3 Å². The first-order chi connectivity index (χ1) is 11.8. The van der Waals surface area contributed by atoms with Crippen LogP contribution in [0.15, 0.2) is 41.8 Å². The molecule has 1 N–H and O–H groups in total. The van der Waals surface area contributed by atoms with Crippen LogP contribution in [0, 0.1) is 0 Å². The Bertz CT molecular complexity index is 637. The topological polar surface area (TPSA) is 32.3 Å². The first kappa shape index (κ1) is 17.5. The summed E-state index contributed by atoms with van der Waals surface area (Å²) in [6, 6.07) is 12.6. The van der Waals surface area contributed by atoms with Gasteiger partial charge in [-0.25, -0.2) is 0 Å². The first-order valence-corrected chi connectivity index (χ1v) is 10.5. The summed E-state index contributed by atoms with van der Waals surface area (Å²) in [6.07, 6.45) is 2.61. The molecule has 1 aliphatic rings. The molecule has 2 aromatic rings. The average Bonchev–Trinajstić information content (AvgIpc) is 3.28. The molecule has 128 valence electrons. The number of likely N-dealkylation sites (tertiary alicyclic amines) is 1. The Balaban J connectivity index is 1.44. The Hall–Kier alpha value is -1.30. The number of carbonyl (C=O) groups excluding carboxylic acids is 1. The summed E-state index contributed by atoms with van der Waals surface area (Å²) < 4.78 is 0. The van der Waals surface area contributed by atoms with Gasteiger partial charge in [-0.2, -0.15) is 0 Å². The molecule has 1 saturated heterocycles. The molecule has 0 radical (unpaired) electrons.